The smallest absolute Gasteiger partial charge is 0.246 e. The van der Waals surface area contributed by atoms with Crippen LogP contribution in [-0.2, 0) is 16.1 Å². The zero-order chi connectivity index (χ0) is 15.5. The molecule has 0 aliphatic heterocycles. The molecule has 2 aliphatic rings. The molecule has 22 heavy (non-hydrogen) atoms. The second-order valence-electron chi connectivity index (χ2n) is 6.43. The van der Waals surface area contributed by atoms with E-state index < -0.39 is 0 Å². The molecule has 1 amide bonds. The van der Waals surface area contributed by atoms with Crippen LogP contribution in [0.1, 0.15) is 57.3 Å². The van der Waals surface area contributed by atoms with Crippen LogP contribution in [-0.4, -0.2) is 33.4 Å². The number of H-pyrrole nitrogens is 1. The van der Waals surface area contributed by atoms with Gasteiger partial charge in [-0.2, -0.15) is 5.10 Å². The van der Waals surface area contributed by atoms with E-state index in [1.165, 1.54) is 19.3 Å². The third-order valence-corrected chi connectivity index (χ3v) is 4.88. The van der Waals surface area contributed by atoms with Crippen molar-refractivity contribution in [2.24, 2.45) is 5.92 Å². The molecule has 7 heteroatoms. The summed E-state index contributed by atoms with van der Waals surface area (Å²) in [7, 11) is 0. The normalized spacial score (nSPS) is 25.1. The molecule has 2 saturated carbocycles. The third kappa shape index (κ3) is 3.76. The van der Waals surface area contributed by atoms with Crippen molar-refractivity contribution in [3.63, 3.8) is 0 Å². The molecule has 2 N–H and O–H groups in total. The molecule has 1 aromatic rings. The Bertz CT molecular complexity index is 578. The van der Waals surface area contributed by atoms with E-state index in [4.69, 9.17) is 17.0 Å². The first kappa shape index (κ1) is 15.7. The lowest BCUT2D eigenvalue weighted by atomic mass is 9.88. The van der Waals surface area contributed by atoms with Gasteiger partial charge in [0.1, 0.15) is 6.61 Å². The van der Waals surface area contributed by atoms with Crippen molar-refractivity contribution in [1.82, 2.24) is 20.1 Å². The molecule has 1 heterocycles. The Morgan fingerprint density at radius 3 is 2.91 bits per heavy atom. The van der Waals surface area contributed by atoms with Crippen molar-refractivity contribution in [3.8, 4) is 0 Å². The standard InChI is InChI=1S/C15H24N4O2S/c1-10-4-2-3-5-12(10)21-9-14(20)16-8-13-17-18-15(22)19(13)11-6-7-11/h10-12H,2-9H2,1H3,(H,16,20)(H,18,22)/t10-,12+/m0/s1. The van der Waals surface area contributed by atoms with Crippen molar-refractivity contribution < 1.29 is 9.53 Å². The SMILES string of the molecule is C[C@H]1CCCC[C@H]1OCC(=O)NCc1n[nH]c(=S)n1C1CC1. The highest BCUT2D eigenvalue weighted by molar-refractivity contribution is 7.71. The molecule has 0 radical (unpaired) electrons. The molecular formula is C15H24N4O2S. The third-order valence-electron chi connectivity index (χ3n) is 4.59. The quantitative estimate of drug-likeness (QED) is 0.789. The first-order valence-corrected chi connectivity index (χ1v) is 8.60. The van der Waals surface area contributed by atoms with E-state index in [0.717, 1.165) is 25.1 Å². The van der Waals surface area contributed by atoms with Gasteiger partial charge in [0.05, 0.1) is 12.6 Å². The zero-order valence-corrected chi connectivity index (χ0v) is 13.8. The molecule has 2 fully saturated rings. The van der Waals surface area contributed by atoms with Gasteiger partial charge < -0.3 is 10.1 Å². The largest absolute Gasteiger partial charge is 0.368 e. The number of nitrogens with one attached hydrogen (secondary N) is 2. The number of carbonyl (C=O) groups is 1. The molecule has 3 rings (SSSR count). The number of rotatable bonds is 6. The van der Waals surface area contributed by atoms with Crippen LogP contribution in [0.5, 0.6) is 0 Å². The minimum atomic E-state index is -0.0889. The number of hydrogen-bond donors (Lipinski definition) is 2. The van der Waals surface area contributed by atoms with Gasteiger partial charge in [0.15, 0.2) is 10.6 Å². The molecule has 2 atom stereocenters. The van der Waals surface area contributed by atoms with Crippen molar-refractivity contribution in [1.29, 1.82) is 0 Å². The van der Waals surface area contributed by atoms with E-state index in [-0.39, 0.29) is 18.6 Å². The fourth-order valence-corrected chi connectivity index (χ4v) is 3.41. The van der Waals surface area contributed by atoms with Crippen LogP contribution in [0, 0.1) is 10.7 Å². The summed E-state index contributed by atoms with van der Waals surface area (Å²) in [6.07, 6.45) is 7.23. The van der Waals surface area contributed by atoms with Crippen LogP contribution in [0.2, 0.25) is 0 Å². The van der Waals surface area contributed by atoms with E-state index in [2.05, 4.69) is 22.4 Å². The van der Waals surface area contributed by atoms with Crippen LogP contribution >= 0.6 is 12.2 Å². The van der Waals surface area contributed by atoms with Gasteiger partial charge >= 0.3 is 0 Å². The molecule has 0 aromatic carbocycles. The number of carbonyl (C=O) groups excluding carboxylic acids is 1. The molecule has 0 bridgehead atoms. The molecular weight excluding hydrogens is 300 g/mol. The minimum Gasteiger partial charge on any atom is -0.368 e. The second kappa shape index (κ2) is 6.91. The Labute approximate surface area is 135 Å². The molecule has 0 spiro atoms. The van der Waals surface area contributed by atoms with Crippen molar-refractivity contribution >= 4 is 18.1 Å². The van der Waals surface area contributed by atoms with Crippen LogP contribution in [0.3, 0.4) is 0 Å². The number of amides is 1. The van der Waals surface area contributed by atoms with E-state index in [1.807, 2.05) is 4.57 Å². The summed E-state index contributed by atoms with van der Waals surface area (Å²) < 4.78 is 8.42. The lowest BCUT2D eigenvalue weighted by Crippen LogP contribution is -2.33. The van der Waals surface area contributed by atoms with Crippen LogP contribution in [0.25, 0.3) is 0 Å². The molecule has 6 nitrogen and oxygen atoms in total. The van der Waals surface area contributed by atoms with Gasteiger partial charge in [-0.3, -0.25) is 14.5 Å². The number of ether oxygens (including phenoxy) is 1. The van der Waals surface area contributed by atoms with Gasteiger partial charge in [0.25, 0.3) is 0 Å². The van der Waals surface area contributed by atoms with Gasteiger partial charge in [0, 0.05) is 6.04 Å². The second-order valence-corrected chi connectivity index (χ2v) is 6.82. The highest BCUT2D eigenvalue weighted by Crippen LogP contribution is 2.35. The van der Waals surface area contributed by atoms with E-state index >= 15 is 0 Å². The number of aromatic nitrogens is 3. The van der Waals surface area contributed by atoms with E-state index in [1.54, 1.807) is 0 Å². The first-order chi connectivity index (χ1) is 10.6. The van der Waals surface area contributed by atoms with Gasteiger partial charge in [0.2, 0.25) is 5.91 Å². The predicted molar refractivity (Wildman–Crippen MR) is 84.9 cm³/mol. The van der Waals surface area contributed by atoms with Gasteiger partial charge in [-0.25, -0.2) is 0 Å². The summed E-state index contributed by atoms with van der Waals surface area (Å²) in [5, 5.41) is 9.88. The predicted octanol–water partition coefficient (Wildman–Crippen LogP) is 2.49. The maximum absolute atomic E-state index is 12.0. The Hall–Kier alpha value is -1.21. The van der Waals surface area contributed by atoms with Gasteiger partial charge in [-0.05, 0) is 43.8 Å². The maximum Gasteiger partial charge on any atom is 0.246 e. The Morgan fingerprint density at radius 2 is 2.18 bits per heavy atom. The Kier molecular flexibility index (Phi) is 4.93. The molecule has 122 valence electrons. The monoisotopic (exact) mass is 324 g/mol. The molecule has 0 unspecified atom stereocenters. The molecule has 0 saturated heterocycles. The first-order valence-electron chi connectivity index (χ1n) is 8.19. The lowest BCUT2D eigenvalue weighted by Gasteiger charge is -2.28. The fourth-order valence-electron chi connectivity index (χ4n) is 3.11. The Morgan fingerprint density at radius 1 is 1.41 bits per heavy atom. The van der Waals surface area contributed by atoms with Crippen LogP contribution < -0.4 is 5.32 Å². The van der Waals surface area contributed by atoms with Gasteiger partial charge in [-0.15, -0.1) is 0 Å². The number of aromatic amines is 1. The lowest BCUT2D eigenvalue weighted by molar-refractivity contribution is -0.129. The van der Waals surface area contributed by atoms with Crippen molar-refractivity contribution in [2.45, 2.75) is 64.1 Å². The average Bonchev–Trinajstić information content (AvgIpc) is 3.27. The Balaban J connectivity index is 1.45. The fraction of sp³-hybridized carbons (Fsp3) is 0.800. The average molecular weight is 324 g/mol. The number of nitrogens with zero attached hydrogens (tertiary/aromatic N) is 2. The van der Waals surface area contributed by atoms with Gasteiger partial charge in [-0.1, -0.05) is 19.8 Å². The van der Waals surface area contributed by atoms with Crippen LogP contribution in [0.15, 0.2) is 0 Å². The van der Waals surface area contributed by atoms with E-state index in [9.17, 15) is 4.79 Å². The van der Waals surface area contributed by atoms with Crippen molar-refractivity contribution in [2.75, 3.05) is 6.61 Å². The maximum atomic E-state index is 12.0. The topological polar surface area (TPSA) is 71.9 Å². The number of hydrogen-bond acceptors (Lipinski definition) is 4. The van der Waals surface area contributed by atoms with E-state index in [0.29, 0.717) is 23.3 Å². The summed E-state index contributed by atoms with van der Waals surface area (Å²) in [5.74, 6) is 1.26. The molecule has 1 aromatic heterocycles. The van der Waals surface area contributed by atoms with Crippen molar-refractivity contribution in [3.05, 3.63) is 10.6 Å². The summed E-state index contributed by atoms with van der Waals surface area (Å²) in [6, 6.07) is 0.456. The highest BCUT2D eigenvalue weighted by atomic mass is 32.1. The summed E-state index contributed by atoms with van der Waals surface area (Å²) in [4.78, 5) is 12.0. The van der Waals surface area contributed by atoms with Crippen LogP contribution in [0.4, 0.5) is 0 Å². The molecule has 2 aliphatic carbocycles. The highest BCUT2D eigenvalue weighted by Gasteiger charge is 2.27. The summed E-state index contributed by atoms with van der Waals surface area (Å²) in [6.45, 7) is 2.73. The summed E-state index contributed by atoms with van der Waals surface area (Å²) in [5.41, 5.74) is 0. The zero-order valence-electron chi connectivity index (χ0n) is 13.0. The minimum absolute atomic E-state index is 0.0889. The summed E-state index contributed by atoms with van der Waals surface area (Å²) >= 11 is 5.23.